The third kappa shape index (κ3) is 2.12. The van der Waals surface area contributed by atoms with Crippen molar-refractivity contribution in [1.29, 1.82) is 0 Å². The molecule has 1 N–H and O–H groups in total. The fourth-order valence-corrected chi connectivity index (χ4v) is 2.15. The smallest absolute Gasteiger partial charge is 0.338 e. The van der Waals surface area contributed by atoms with Crippen molar-refractivity contribution in [3.8, 4) is 0 Å². The molecular formula is C12H16O3. The normalized spacial score (nSPS) is 24.3. The molecule has 1 aliphatic carbocycles. The first-order valence-corrected chi connectivity index (χ1v) is 5.54. The Morgan fingerprint density at radius 3 is 3.13 bits per heavy atom. The van der Waals surface area contributed by atoms with Crippen LogP contribution in [0.1, 0.15) is 32.1 Å². The fraction of sp³-hybridized carbons (Fsp3) is 0.583. The highest BCUT2D eigenvalue weighted by atomic mass is 16.5. The van der Waals surface area contributed by atoms with E-state index in [-0.39, 0.29) is 18.7 Å². The molecule has 0 spiro atoms. The van der Waals surface area contributed by atoms with Crippen molar-refractivity contribution in [2.75, 3.05) is 6.61 Å². The molecule has 1 heterocycles. The summed E-state index contributed by atoms with van der Waals surface area (Å²) >= 11 is 0. The van der Waals surface area contributed by atoms with Crippen LogP contribution in [0, 0.1) is 0 Å². The maximum absolute atomic E-state index is 11.5. The molecule has 0 saturated carbocycles. The molecule has 2 aliphatic rings. The summed E-state index contributed by atoms with van der Waals surface area (Å²) in [6, 6.07) is 0. The lowest BCUT2D eigenvalue weighted by atomic mass is 9.93. The van der Waals surface area contributed by atoms with Crippen molar-refractivity contribution >= 4 is 5.97 Å². The Labute approximate surface area is 89.4 Å². The van der Waals surface area contributed by atoms with E-state index in [4.69, 9.17) is 9.84 Å². The quantitative estimate of drug-likeness (QED) is 0.565. The van der Waals surface area contributed by atoms with Gasteiger partial charge in [0.1, 0.15) is 6.10 Å². The van der Waals surface area contributed by atoms with Crippen LogP contribution in [0.3, 0.4) is 0 Å². The number of aliphatic hydroxyl groups is 1. The van der Waals surface area contributed by atoms with Crippen molar-refractivity contribution in [2.24, 2.45) is 0 Å². The summed E-state index contributed by atoms with van der Waals surface area (Å²) in [6.07, 6.45) is 8.38. The molecule has 3 nitrogen and oxygen atoms in total. The number of hydrogen-bond donors (Lipinski definition) is 1. The number of carbonyl (C=O) groups excluding carboxylic acids is 1. The molecule has 1 aliphatic heterocycles. The molecular weight excluding hydrogens is 192 g/mol. The van der Waals surface area contributed by atoms with Gasteiger partial charge in [-0.05, 0) is 37.7 Å². The molecule has 3 heteroatoms. The average molecular weight is 208 g/mol. The summed E-state index contributed by atoms with van der Waals surface area (Å²) in [5.74, 6) is -0.171. The minimum Gasteiger partial charge on any atom is -0.454 e. The molecule has 0 radical (unpaired) electrons. The van der Waals surface area contributed by atoms with Crippen LogP contribution in [0.2, 0.25) is 0 Å². The van der Waals surface area contributed by atoms with Crippen LogP contribution >= 0.6 is 0 Å². The van der Waals surface area contributed by atoms with Crippen LogP contribution in [0.25, 0.3) is 0 Å². The SMILES string of the molecule is O=C1OC(CCCCO)C2=C1C=CCC2. The number of rotatable bonds is 4. The minimum atomic E-state index is -0.171. The largest absolute Gasteiger partial charge is 0.454 e. The van der Waals surface area contributed by atoms with Crippen LogP contribution in [-0.4, -0.2) is 23.8 Å². The second-order valence-electron chi connectivity index (χ2n) is 3.99. The van der Waals surface area contributed by atoms with Gasteiger partial charge in [-0.3, -0.25) is 0 Å². The molecule has 1 unspecified atom stereocenters. The lowest BCUT2D eigenvalue weighted by Gasteiger charge is -2.14. The Balaban J connectivity index is 2.00. The van der Waals surface area contributed by atoms with Crippen LogP contribution in [-0.2, 0) is 9.53 Å². The van der Waals surface area contributed by atoms with E-state index in [0.29, 0.717) is 0 Å². The highest BCUT2D eigenvalue weighted by Crippen LogP contribution is 2.33. The standard InChI is InChI=1S/C12H16O3/c13-8-4-3-7-11-9-5-1-2-6-10(9)12(14)15-11/h2,6,11,13H,1,3-5,7-8H2. The van der Waals surface area contributed by atoms with E-state index < -0.39 is 0 Å². The number of allylic oxidation sites excluding steroid dienone is 1. The molecule has 0 bridgehead atoms. The molecule has 15 heavy (non-hydrogen) atoms. The van der Waals surface area contributed by atoms with E-state index >= 15 is 0 Å². The molecule has 0 aromatic rings. The first kappa shape index (κ1) is 10.4. The van der Waals surface area contributed by atoms with E-state index in [0.717, 1.165) is 37.7 Å². The van der Waals surface area contributed by atoms with Crippen LogP contribution in [0.15, 0.2) is 23.3 Å². The van der Waals surface area contributed by atoms with Crippen LogP contribution in [0.4, 0.5) is 0 Å². The summed E-state index contributed by atoms with van der Waals surface area (Å²) in [4.78, 5) is 11.5. The third-order valence-corrected chi connectivity index (χ3v) is 2.94. The maximum atomic E-state index is 11.5. The molecule has 0 amide bonds. The number of cyclic esters (lactones) is 1. The summed E-state index contributed by atoms with van der Waals surface area (Å²) < 4.78 is 5.31. The van der Waals surface area contributed by atoms with Gasteiger partial charge in [0.2, 0.25) is 0 Å². The summed E-state index contributed by atoms with van der Waals surface area (Å²) in [5, 5.41) is 8.69. The fourth-order valence-electron chi connectivity index (χ4n) is 2.15. The zero-order chi connectivity index (χ0) is 10.7. The van der Waals surface area contributed by atoms with Gasteiger partial charge in [0, 0.05) is 6.61 Å². The third-order valence-electron chi connectivity index (χ3n) is 2.94. The van der Waals surface area contributed by atoms with Gasteiger partial charge in [-0.2, -0.15) is 0 Å². The number of carbonyl (C=O) groups is 1. The summed E-state index contributed by atoms with van der Waals surface area (Å²) in [6.45, 7) is 0.215. The van der Waals surface area contributed by atoms with E-state index in [2.05, 4.69) is 0 Å². The van der Waals surface area contributed by atoms with Crippen LogP contribution < -0.4 is 0 Å². The predicted molar refractivity (Wildman–Crippen MR) is 56.2 cm³/mol. The van der Waals surface area contributed by atoms with Gasteiger partial charge in [-0.25, -0.2) is 4.79 Å². The highest BCUT2D eigenvalue weighted by Gasteiger charge is 2.32. The van der Waals surface area contributed by atoms with E-state index in [1.807, 2.05) is 12.2 Å². The lowest BCUT2D eigenvalue weighted by molar-refractivity contribution is -0.139. The Kier molecular flexibility index (Phi) is 3.21. The van der Waals surface area contributed by atoms with Gasteiger partial charge in [0.15, 0.2) is 0 Å². The Bertz CT molecular complexity index is 315. The number of esters is 1. The maximum Gasteiger partial charge on any atom is 0.338 e. The molecule has 2 rings (SSSR count). The molecule has 1 atom stereocenters. The Morgan fingerprint density at radius 2 is 2.33 bits per heavy atom. The number of ether oxygens (including phenoxy) is 1. The van der Waals surface area contributed by atoms with Crippen molar-refractivity contribution in [3.63, 3.8) is 0 Å². The molecule has 82 valence electrons. The lowest BCUT2D eigenvalue weighted by Crippen LogP contribution is -2.12. The number of unbranched alkanes of at least 4 members (excludes halogenated alkanes) is 1. The molecule has 0 saturated heterocycles. The topological polar surface area (TPSA) is 46.5 Å². The number of aliphatic hydroxyl groups excluding tert-OH is 1. The zero-order valence-corrected chi connectivity index (χ0v) is 8.74. The van der Waals surface area contributed by atoms with Gasteiger partial charge < -0.3 is 9.84 Å². The van der Waals surface area contributed by atoms with E-state index in [1.54, 1.807) is 0 Å². The van der Waals surface area contributed by atoms with Gasteiger partial charge in [-0.1, -0.05) is 12.2 Å². The first-order valence-electron chi connectivity index (χ1n) is 5.54. The van der Waals surface area contributed by atoms with Crippen molar-refractivity contribution in [1.82, 2.24) is 0 Å². The van der Waals surface area contributed by atoms with Gasteiger partial charge in [-0.15, -0.1) is 0 Å². The highest BCUT2D eigenvalue weighted by molar-refractivity contribution is 5.95. The predicted octanol–water partition coefficient (Wildman–Crippen LogP) is 1.72. The monoisotopic (exact) mass is 208 g/mol. The Hall–Kier alpha value is -1.09. The van der Waals surface area contributed by atoms with E-state index in [9.17, 15) is 4.79 Å². The number of hydrogen-bond acceptors (Lipinski definition) is 3. The van der Waals surface area contributed by atoms with Gasteiger partial charge in [0.05, 0.1) is 5.57 Å². The average Bonchev–Trinajstić information content (AvgIpc) is 2.58. The van der Waals surface area contributed by atoms with Gasteiger partial charge >= 0.3 is 5.97 Å². The summed E-state index contributed by atoms with van der Waals surface area (Å²) in [5.41, 5.74) is 1.94. The summed E-state index contributed by atoms with van der Waals surface area (Å²) in [7, 11) is 0. The molecule has 0 aromatic carbocycles. The Morgan fingerprint density at radius 1 is 1.47 bits per heavy atom. The molecule has 0 aromatic heterocycles. The van der Waals surface area contributed by atoms with Crippen molar-refractivity contribution in [2.45, 2.75) is 38.2 Å². The van der Waals surface area contributed by atoms with E-state index in [1.165, 1.54) is 5.57 Å². The molecule has 0 fully saturated rings. The van der Waals surface area contributed by atoms with Gasteiger partial charge in [0.25, 0.3) is 0 Å². The van der Waals surface area contributed by atoms with Crippen molar-refractivity contribution < 1.29 is 14.6 Å². The van der Waals surface area contributed by atoms with Crippen molar-refractivity contribution in [3.05, 3.63) is 23.3 Å². The second kappa shape index (κ2) is 4.62. The van der Waals surface area contributed by atoms with Crippen LogP contribution in [0.5, 0.6) is 0 Å². The second-order valence-corrected chi connectivity index (χ2v) is 3.99. The minimum absolute atomic E-state index is 0.0241. The zero-order valence-electron chi connectivity index (χ0n) is 8.74. The first-order chi connectivity index (χ1) is 7.33.